The van der Waals surface area contributed by atoms with Crippen molar-refractivity contribution in [2.24, 2.45) is 0 Å². The molecule has 0 aromatic heterocycles. The number of hydrogen-bond acceptors (Lipinski definition) is 3. The number of aliphatic hydroxyl groups excluding tert-OH is 1. The minimum atomic E-state index is 0.0476. The van der Waals surface area contributed by atoms with Crippen LogP contribution in [-0.2, 0) is 4.79 Å². The Morgan fingerprint density at radius 1 is 1.46 bits per heavy atom. The van der Waals surface area contributed by atoms with Crippen LogP contribution >= 0.6 is 0 Å². The third-order valence-corrected chi connectivity index (χ3v) is 2.23. The van der Waals surface area contributed by atoms with Crippen LogP contribution in [-0.4, -0.2) is 47.3 Å². The lowest BCUT2D eigenvalue weighted by Crippen LogP contribution is -2.51. The second-order valence-electron chi connectivity index (χ2n) is 3.30. The van der Waals surface area contributed by atoms with E-state index in [0.717, 1.165) is 25.9 Å². The summed E-state index contributed by atoms with van der Waals surface area (Å²) in [5.74, 6) is 0.147. The van der Waals surface area contributed by atoms with E-state index in [1.54, 1.807) is 5.01 Å². The average molecular weight is 186 g/mol. The molecule has 1 aliphatic rings. The van der Waals surface area contributed by atoms with E-state index in [9.17, 15) is 4.79 Å². The van der Waals surface area contributed by atoms with E-state index in [0.29, 0.717) is 13.0 Å². The largest absolute Gasteiger partial charge is 0.394 e. The summed E-state index contributed by atoms with van der Waals surface area (Å²) in [5, 5.41) is 12.5. The van der Waals surface area contributed by atoms with Gasteiger partial charge in [0.1, 0.15) is 0 Å². The quantitative estimate of drug-likeness (QED) is 0.683. The number of nitrogens with zero attached hydrogens (tertiary/aromatic N) is 2. The first kappa shape index (κ1) is 10.5. The first-order valence-corrected chi connectivity index (χ1v) is 4.95. The summed E-state index contributed by atoms with van der Waals surface area (Å²) in [7, 11) is 0. The molecule has 1 amide bonds. The Morgan fingerprint density at radius 3 is 2.85 bits per heavy atom. The van der Waals surface area contributed by atoms with Crippen molar-refractivity contribution in [2.75, 3.05) is 26.2 Å². The van der Waals surface area contributed by atoms with Gasteiger partial charge in [0.05, 0.1) is 13.2 Å². The Kier molecular flexibility index (Phi) is 4.18. The van der Waals surface area contributed by atoms with Crippen LogP contribution in [0.5, 0.6) is 0 Å². The van der Waals surface area contributed by atoms with Gasteiger partial charge in [0.25, 0.3) is 0 Å². The van der Waals surface area contributed by atoms with Crippen molar-refractivity contribution < 1.29 is 9.90 Å². The van der Waals surface area contributed by atoms with Gasteiger partial charge in [-0.25, -0.2) is 5.01 Å². The van der Waals surface area contributed by atoms with Crippen LogP contribution in [0, 0.1) is 0 Å². The maximum atomic E-state index is 11.4. The van der Waals surface area contributed by atoms with Gasteiger partial charge in [0, 0.05) is 19.5 Å². The second-order valence-corrected chi connectivity index (χ2v) is 3.30. The molecule has 0 aromatic carbocycles. The molecule has 0 spiro atoms. The molecule has 4 nitrogen and oxygen atoms in total. The van der Waals surface area contributed by atoms with Gasteiger partial charge in [-0.2, -0.15) is 0 Å². The molecule has 0 unspecified atom stereocenters. The topological polar surface area (TPSA) is 43.8 Å². The molecule has 0 aliphatic carbocycles. The molecule has 0 saturated carbocycles. The lowest BCUT2D eigenvalue weighted by Gasteiger charge is -2.38. The number of rotatable bonds is 4. The number of hydrazine groups is 1. The molecule has 1 fully saturated rings. The third kappa shape index (κ3) is 2.67. The Morgan fingerprint density at radius 2 is 2.23 bits per heavy atom. The van der Waals surface area contributed by atoms with E-state index in [-0.39, 0.29) is 12.5 Å². The molecule has 13 heavy (non-hydrogen) atoms. The molecule has 0 atom stereocenters. The highest BCUT2D eigenvalue weighted by molar-refractivity contribution is 5.76. The van der Waals surface area contributed by atoms with E-state index < -0.39 is 0 Å². The summed E-state index contributed by atoms with van der Waals surface area (Å²) in [4.78, 5) is 11.4. The molecule has 0 bridgehead atoms. The van der Waals surface area contributed by atoms with Gasteiger partial charge in [0.15, 0.2) is 0 Å². The van der Waals surface area contributed by atoms with Gasteiger partial charge in [-0.15, -0.1) is 0 Å². The number of carbonyl (C=O) groups excluding carboxylic acids is 1. The number of hydrogen-bond donors (Lipinski definition) is 1. The molecule has 0 radical (unpaired) electrons. The molecule has 1 heterocycles. The Hall–Kier alpha value is -0.610. The molecule has 1 N–H and O–H groups in total. The third-order valence-electron chi connectivity index (χ3n) is 2.23. The van der Waals surface area contributed by atoms with Crippen molar-refractivity contribution in [2.45, 2.75) is 26.2 Å². The highest BCUT2D eigenvalue weighted by Crippen LogP contribution is 2.11. The van der Waals surface area contributed by atoms with Gasteiger partial charge in [-0.1, -0.05) is 6.92 Å². The van der Waals surface area contributed by atoms with E-state index in [2.05, 4.69) is 6.92 Å². The first-order chi connectivity index (χ1) is 6.29. The normalized spacial score (nSPS) is 19.5. The standard InChI is InChI=1S/C9H18N2O2/c1-2-5-10-6-3-4-9(13)11(10)7-8-12/h12H,2-8H2,1H3. The van der Waals surface area contributed by atoms with Gasteiger partial charge >= 0.3 is 0 Å². The molecule has 1 aliphatic heterocycles. The molecule has 0 aromatic rings. The molecule has 4 heteroatoms. The molecule has 1 rings (SSSR count). The zero-order valence-electron chi connectivity index (χ0n) is 8.20. The maximum absolute atomic E-state index is 11.4. The van der Waals surface area contributed by atoms with Gasteiger partial charge in [-0.3, -0.25) is 9.80 Å². The summed E-state index contributed by atoms with van der Waals surface area (Å²) in [6.07, 6.45) is 2.61. The SMILES string of the molecule is CCCN1CCCC(=O)N1CCO. The van der Waals surface area contributed by atoms with Crippen molar-refractivity contribution in [3.8, 4) is 0 Å². The predicted molar refractivity (Wildman–Crippen MR) is 49.9 cm³/mol. The van der Waals surface area contributed by atoms with Crippen LogP contribution in [0.3, 0.4) is 0 Å². The van der Waals surface area contributed by atoms with E-state index in [1.807, 2.05) is 5.01 Å². The van der Waals surface area contributed by atoms with E-state index in [4.69, 9.17) is 5.11 Å². The zero-order valence-corrected chi connectivity index (χ0v) is 8.20. The van der Waals surface area contributed by atoms with Crippen LogP contribution in [0.15, 0.2) is 0 Å². The van der Waals surface area contributed by atoms with Crippen LogP contribution < -0.4 is 0 Å². The molecule has 1 saturated heterocycles. The lowest BCUT2D eigenvalue weighted by molar-refractivity contribution is -0.156. The van der Waals surface area contributed by atoms with Crippen LogP contribution in [0.4, 0.5) is 0 Å². The number of aliphatic hydroxyl groups is 1. The lowest BCUT2D eigenvalue weighted by atomic mass is 10.2. The van der Waals surface area contributed by atoms with Crippen molar-refractivity contribution in [1.82, 2.24) is 10.0 Å². The van der Waals surface area contributed by atoms with Gasteiger partial charge < -0.3 is 5.11 Å². The van der Waals surface area contributed by atoms with Crippen LogP contribution in [0.1, 0.15) is 26.2 Å². The van der Waals surface area contributed by atoms with Gasteiger partial charge in [0.2, 0.25) is 5.91 Å². The number of β-amino-alcohol motifs (C(OH)–C–C–N with tert-alkyl or cyclic N) is 1. The summed E-state index contributed by atoms with van der Waals surface area (Å²) in [6, 6.07) is 0. The van der Waals surface area contributed by atoms with Gasteiger partial charge in [-0.05, 0) is 12.8 Å². The first-order valence-electron chi connectivity index (χ1n) is 4.95. The van der Waals surface area contributed by atoms with E-state index in [1.165, 1.54) is 0 Å². The summed E-state index contributed by atoms with van der Waals surface area (Å²) in [5.41, 5.74) is 0. The number of carbonyl (C=O) groups is 1. The second kappa shape index (κ2) is 5.19. The Balaban J connectivity index is 2.51. The summed E-state index contributed by atoms with van der Waals surface area (Å²) >= 11 is 0. The van der Waals surface area contributed by atoms with Crippen molar-refractivity contribution in [1.29, 1.82) is 0 Å². The fraction of sp³-hybridized carbons (Fsp3) is 0.889. The molecular formula is C9H18N2O2. The fourth-order valence-corrected chi connectivity index (χ4v) is 1.67. The maximum Gasteiger partial charge on any atom is 0.236 e. The monoisotopic (exact) mass is 186 g/mol. The summed E-state index contributed by atoms with van der Waals surface area (Å²) < 4.78 is 0. The average Bonchev–Trinajstić information content (AvgIpc) is 2.11. The van der Waals surface area contributed by atoms with Crippen LogP contribution in [0.2, 0.25) is 0 Å². The number of amides is 1. The minimum absolute atomic E-state index is 0.0476. The van der Waals surface area contributed by atoms with E-state index >= 15 is 0 Å². The minimum Gasteiger partial charge on any atom is -0.394 e. The highest BCUT2D eigenvalue weighted by atomic mass is 16.3. The highest BCUT2D eigenvalue weighted by Gasteiger charge is 2.24. The Labute approximate surface area is 79.1 Å². The molecular weight excluding hydrogens is 168 g/mol. The van der Waals surface area contributed by atoms with Crippen molar-refractivity contribution in [3.05, 3.63) is 0 Å². The van der Waals surface area contributed by atoms with Crippen molar-refractivity contribution >= 4 is 5.91 Å². The van der Waals surface area contributed by atoms with Crippen LogP contribution in [0.25, 0.3) is 0 Å². The summed E-state index contributed by atoms with van der Waals surface area (Å²) in [6.45, 7) is 4.44. The predicted octanol–water partition coefficient (Wildman–Crippen LogP) is 0.228. The Bertz CT molecular complexity index is 171. The zero-order chi connectivity index (χ0) is 9.68. The molecule has 76 valence electrons. The smallest absolute Gasteiger partial charge is 0.236 e. The van der Waals surface area contributed by atoms with Crippen molar-refractivity contribution in [3.63, 3.8) is 0 Å². The fourth-order valence-electron chi connectivity index (χ4n) is 1.67.